The first-order valence-corrected chi connectivity index (χ1v) is 11.4. The highest BCUT2D eigenvalue weighted by molar-refractivity contribution is 5.72. The van der Waals surface area contributed by atoms with Crippen molar-refractivity contribution in [1.29, 1.82) is 0 Å². The molecular weight excluding hydrogens is 427 g/mol. The largest absolute Gasteiger partial charge is 0.573 e. The van der Waals surface area contributed by atoms with Crippen LogP contribution in [0.1, 0.15) is 38.2 Å². The van der Waals surface area contributed by atoms with E-state index < -0.39 is 6.36 Å². The number of anilines is 1. The number of alkyl halides is 3. The van der Waals surface area contributed by atoms with E-state index in [2.05, 4.69) is 41.2 Å². The summed E-state index contributed by atoms with van der Waals surface area (Å²) in [4.78, 5) is 0. The molecule has 176 valence electrons. The van der Waals surface area contributed by atoms with Gasteiger partial charge in [-0.1, -0.05) is 61.9 Å². The molecule has 0 atom stereocenters. The molecule has 0 unspecified atom stereocenters. The van der Waals surface area contributed by atoms with Gasteiger partial charge < -0.3 is 14.8 Å². The maximum absolute atomic E-state index is 12.4. The van der Waals surface area contributed by atoms with Gasteiger partial charge in [-0.05, 0) is 66.6 Å². The number of unbranched alkanes of at least 4 members (excludes halogenated alkanes) is 2. The van der Waals surface area contributed by atoms with E-state index in [4.69, 9.17) is 4.74 Å². The van der Waals surface area contributed by atoms with Gasteiger partial charge >= 0.3 is 6.36 Å². The summed E-state index contributed by atoms with van der Waals surface area (Å²) in [7, 11) is 0. The van der Waals surface area contributed by atoms with Crippen LogP contribution in [0.25, 0.3) is 11.1 Å². The summed E-state index contributed by atoms with van der Waals surface area (Å²) in [5.74, 6) is 0.551. The van der Waals surface area contributed by atoms with Gasteiger partial charge in [-0.15, -0.1) is 13.2 Å². The smallest absolute Gasteiger partial charge is 0.491 e. The molecule has 3 aromatic carbocycles. The molecule has 3 aromatic rings. The quantitative estimate of drug-likeness (QED) is 0.281. The van der Waals surface area contributed by atoms with E-state index in [1.54, 1.807) is 12.1 Å². The molecule has 0 aliphatic heterocycles. The Morgan fingerprint density at radius 2 is 1.55 bits per heavy atom. The first-order valence-electron chi connectivity index (χ1n) is 11.4. The third kappa shape index (κ3) is 8.37. The molecule has 6 heteroatoms. The van der Waals surface area contributed by atoms with Crippen LogP contribution >= 0.6 is 0 Å². The summed E-state index contributed by atoms with van der Waals surface area (Å²) in [6.07, 6.45) is 0.433. The number of benzene rings is 3. The zero-order valence-corrected chi connectivity index (χ0v) is 18.8. The minimum Gasteiger partial charge on any atom is -0.491 e. The lowest BCUT2D eigenvalue weighted by molar-refractivity contribution is -0.274. The minimum atomic E-state index is -4.70. The fourth-order valence-electron chi connectivity index (χ4n) is 3.48. The molecule has 0 saturated heterocycles. The van der Waals surface area contributed by atoms with Gasteiger partial charge in [0.25, 0.3) is 0 Å². The van der Waals surface area contributed by atoms with Gasteiger partial charge in [0.15, 0.2) is 0 Å². The van der Waals surface area contributed by atoms with Gasteiger partial charge in [0.2, 0.25) is 0 Å². The Morgan fingerprint density at radius 1 is 0.818 bits per heavy atom. The number of hydrogen-bond donors (Lipinski definition) is 1. The second-order valence-electron chi connectivity index (χ2n) is 7.85. The molecule has 0 aliphatic carbocycles. The molecule has 3 rings (SSSR count). The van der Waals surface area contributed by atoms with E-state index in [9.17, 15) is 13.2 Å². The Labute approximate surface area is 193 Å². The van der Waals surface area contributed by atoms with Crippen molar-refractivity contribution in [2.24, 2.45) is 0 Å². The first kappa shape index (κ1) is 24.5. The third-order valence-electron chi connectivity index (χ3n) is 5.21. The Hall–Kier alpha value is -3.15. The van der Waals surface area contributed by atoms with Crippen LogP contribution in [0.2, 0.25) is 0 Å². The number of nitrogens with one attached hydrogen (secondary N) is 1. The van der Waals surface area contributed by atoms with Crippen LogP contribution in [0.3, 0.4) is 0 Å². The topological polar surface area (TPSA) is 30.5 Å². The van der Waals surface area contributed by atoms with Crippen molar-refractivity contribution in [3.63, 3.8) is 0 Å². The molecule has 3 nitrogen and oxygen atoms in total. The van der Waals surface area contributed by atoms with Crippen molar-refractivity contribution in [3.05, 3.63) is 78.4 Å². The van der Waals surface area contributed by atoms with Crippen LogP contribution in [-0.2, 0) is 6.42 Å². The van der Waals surface area contributed by atoms with Crippen molar-refractivity contribution in [2.75, 3.05) is 18.5 Å². The van der Waals surface area contributed by atoms with Crippen molar-refractivity contribution < 1.29 is 22.6 Å². The molecular formula is C27H30F3NO2. The lowest BCUT2D eigenvalue weighted by atomic mass is 10.0. The van der Waals surface area contributed by atoms with Crippen LogP contribution in [0.4, 0.5) is 18.9 Å². The Balaban J connectivity index is 1.63. The van der Waals surface area contributed by atoms with Crippen LogP contribution in [0, 0.1) is 0 Å². The number of rotatable bonds is 12. The van der Waals surface area contributed by atoms with E-state index in [0.717, 1.165) is 61.2 Å². The summed E-state index contributed by atoms with van der Waals surface area (Å²) in [5, 5.41) is 3.44. The van der Waals surface area contributed by atoms with Gasteiger partial charge in [0, 0.05) is 6.54 Å². The van der Waals surface area contributed by atoms with Crippen molar-refractivity contribution in [2.45, 2.75) is 45.4 Å². The third-order valence-corrected chi connectivity index (χ3v) is 5.21. The zero-order chi connectivity index (χ0) is 23.5. The molecule has 0 amide bonds. The molecule has 0 bridgehead atoms. The maximum atomic E-state index is 12.4. The predicted molar refractivity (Wildman–Crippen MR) is 127 cm³/mol. The number of hydrogen-bond acceptors (Lipinski definition) is 3. The summed E-state index contributed by atoms with van der Waals surface area (Å²) in [6, 6.07) is 22.1. The summed E-state index contributed by atoms with van der Waals surface area (Å²) in [5.41, 5.74) is 3.91. The Morgan fingerprint density at radius 3 is 2.24 bits per heavy atom. The summed E-state index contributed by atoms with van der Waals surface area (Å²) >= 11 is 0. The second kappa shape index (κ2) is 12.2. The van der Waals surface area contributed by atoms with Gasteiger partial charge in [-0.3, -0.25) is 0 Å². The minimum absolute atomic E-state index is 0.233. The van der Waals surface area contributed by atoms with Crippen molar-refractivity contribution in [1.82, 2.24) is 0 Å². The molecule has 0 aliphatic rings. The highest BCUT2D eigenvalue weighted by atomic mass is 19.4. The lowest BCUT2D eigenvalue weighted by Gasteiger charge is -2.15. The summed E-state index contributed by atoms with van der Waals surface area (Å²) in [6.45, 7) is 3.58. The van der Waals surface area contributed by atoms with E-state index in [0.29, 0.717) is 6.61 Å². The Kier molecular flexibility index (Phi) is 9.04. The van der Waals surface area contributed by atoms with E-state index in [1.807, 2.05) is 24.3 Å². The SMILES string of the molecule is CCCCNc1cc(-c2ccc(OC(F)(F)F)cc2)ccc1OCCCCc1ccccc1. The fourth-order valence-corrected chi connectivity index (χ4v) is 3.48. The fraction of sp³-hybridized carbons (Fsp3) is 0.333. The normalized spacial score (nSPS) is 11.3. The molecule has 0 spiro atoms. The lowest BCUT2D eigenvalue weighted by Crippen LogP contribution is -2.16. The standard InChI is InChI=1S/C27H30F3NO2/c1-2-3-18-31-25-20-23(22-12-15-24(16-13-22)33-27(28,29)30)14-17-26(25)32-19-8-7-11-21-9-5-4-6-10-21/h4-6,9-10,12-17,20,31H,2-3,7-8,11,18-19H2,1H3. The van der Waals surface area contributed by atoms with Crippen LogP contribution in [0.15, 0.2) is 72.8 Å². The molecule has 0 heterocycles. The molecule has 33 heavy (non-hydrogen) atoms. The van der Waals surface area contributed by atoms with Gasteiger partial charge in [0.1, 0.15) is 11.5 Å². The molecule has 0 aromatic heterocycles. The average Bonchev–Trinajstić information content (AvgIpc) is 2.80. The van der Waals surface area contributed by atoms with Gasteiger partial charge in [0.05, 0.1) is 12.3 Å². The van der Waals surface area contributed by atoms with Gasteiger partial charge in [-0.25, -0.2) is 0 Å². The van der Waals surface area contributed by atoms with Crippen LogP contribution in [-0.4, -0.2) is 19.5 Å². The molecule has 0 radical (unpaired) electrons. The zero-order valence-electron chi connectivity index (χ0n) is 18.8. The van der Waals surface area contributed by atoms with E-state index in [-0.39, 0.29) is 5.75 Å². The highest BCUT2D eigenvalue weighted by Gasteiger charge is 2.30. The van der Waals surface area contributed by atoms with Crippen LogP contribution < -0.4 is 14.8 Å². The Bertz CT molecular complexity index is 973. The summed E-state index contributed by atoms with van der Waals surface area (Å²) < 4.78 is 47.2. The monoisotopic (exact) mass is 457 g/mol. The number of ether oxygens (including phenoxy) is 2. The number of aryl methyl sites for hydroxylation is 1. The van der Waals surface area contributed by atoms with E-state index >= 15 is 0 Å². The second-order valence-corrected chi connectivity index (χ2v) is 7.85. The predicted octanol–water partition coefficient (Wildman–Crippen LogP) is 7.87. The van der Waals surface area contributed by atoms with Crippen molar-refractivity contribution >= 4 is 5.69 Å². The molecule has 1 N–H and O–H groups in total. The van der Waals surface area contributed by atoms with Gasteiger partial charge in [-0.2, -0.15) is 0 Å². The maximum Gasteiger partial charge on any atom is 0.573 e. The first-order chi connectivity index (χ1) is 15.9. The average molecular weight is 458 g/mol. The van der Waals surface area contributed by atoms with Crippen molar-refractivity contribution in [3.8, 4) is 22.6 Å². The molecule has 0 fully saturated rings. The highest BCUT2D eigenvalue weighted by Crippen LogP contribution is 2.32. The molecule has 0 saturated carbocycles. The van der Waals surface area contributed by atoms with E-state index in [1.165, 1.54) is 17.7 Å². The van der Waals surface area contributed by atoms with Crippen LogP contribution in [0.5, 0.6) is 11.5 Å². The number of halogens is 3.